The van der Waals surface area contributed by atoms with Gasteiger partial charge < -0.3 is 9.63 Å². The van der Waals surface area contributed by atoms with Gasteiger partial charge in [-0.15, -0.1) is 0 Å². The van der Waals surface area contributed by atoms with E-state index in [2.05, 4.69) is 39.2 Å². The van der Waals surface area contributed by atoms with Crippen LogP contribution < -0.4 is 0 Å². The Labute approximate surface area is 158 Å². The molecule has 1 aliphatic rings. The average molecular weight is 367 g/mol. The molecule has 1 aliphatic heterocycles. The Kier molecular flexibility index (Phi) is 5.31. The molecular formula is C20H25N5O2. The Morgan fingerprint density at radius 2 is 2.15 bits per heavy atom. The number of hydrogen-bond donors (Lipinski definition) is 1. The summed E-state index contributed by atoms with van der Waals surface area (Å²) in [5.41, 5.74) is 3.25. The van der Waals surface area contributed by atoms with Crippen molar-refractivity contribution >= 4 is 0 Å². The molecule has 142 valence electrons. The average Bonchev–Trinajstić information content (AvgIpc) is 3.33. The maximum atomic E-state index is 9.05. The van der Waals surface area contributed by atoms with Gasteiger partial charge >= 0.3 is 0 Å². The first kappa shape index (κ1) is 17.9. The number of aliphatic hydroxyl groups excluding tert-OH is 1. The number of nitrogens with zero attached hydrogens (tertiary/aromatic N) is 5. The number of hydrogen-bond acceptors (Lipinski definition) is 6. The van der Waals surface area contributed by atoms with Crippen LogP contribution in [0.1, 0.15) is 35.9 Å². The molecule has 0 unspecified atom stereocenters. The Balaban J connectivity index is 1.41. The van der Waals surface area contributed by atoms with E-state index in [1.807, 2.05) is 24.4 Å². The minimum atomic E-state index is 0.109. The van der Waals surface area contributed by atoms with Gasteiger partial charge in [0.15, 0.2) is 0 Å². The van der Waals surface area contributed by atoms with Crippen LogP contribution in [0.2, 0.25) is 0 Å². The minimum Gasteiger partial charge on any atom is -0.394 e. The van der Waals surface area contributed by atoms with E-state index in [1.165, 1.54) is 0 Å². The predicted octanol–water partition coefficient (Wildman–Crippen LogP) is 2.61. The van der Waals surface area contributed by atoms with Crippen molar-refractivity contribution in [2.45, 2.75) is 38.8 Å². The molecule has 7 heteroatoms. The molecule has 0 bridgehead atoms. The second-order valence-corrected chi connectivity index (χ2v) is 7.13. The highest BCUT2D eigenvalue weighted by molar-refractivity contribution is 5.58. The van der Waals surface area contributed by atoms with Crippen molar-refractivity contribution in [2.24, 2.45) is 0 Å². The highest BCUT2D eigenvalue weighted by Crippen LogP contribution is 2.27. The van der Waals surface area contributed by atoms with Gasteiger partial charge in [0, 0.05) is 24.2 Å². The summed E-state index contributed by atoms with van der Waals surface area (Å²) < 4.78 is 7.31. The first-order valence-electron chi connectivity index (χ1n) is 9.48. The molecule has 0 radical (unpaired) electrons. The zero-order valence-electron chi connectivity index (χ0n) is 15.6. The SMILES string of the molecule is Cc1ccccc1-c1noc(CN2CCC[C@@H](c3ccn(CCO)n3)C2)n1. The van der Waals surface area contributed by atoms with Gasteiger partial charge in [0.1, 0.15) is 0 Å². The standard InChI is InChI=1S/C20H25N5O2/c1-15-5-2-3-7-17(15)20-21-19(27-23-20)14-24-9-4-6-16(13-24)18-8-10-25(22-18)11-12-26/h2-3,5,7-8,10,16,26H,4,6,9,11-14H2,1H3/t16-/m1/s1. The van der Waals surface area contributed by atoms with Crippen LogP contribution in [-0.2, 0) is 13.1 Å². The molecule has 3 heterocycles. The summed E-state index contributed by atoms with van der Waals surface area (Å²) in [7, 11) is 0. The fourth-order valence-electron chi connectivity index (χ4n) is 3.71. The molecule has 1 aromatic carbocycles. The van der Waals surface area contributed by atoms with Gasteiger partial charge in [0.05, 0.1) is 25.4 Å². The van der Waals surface area contributed by atoms with Crippen LogP contribution in [-0.4, -0.2) is 49.6 Å². The third kappa shape index (κ3) is 4.09. The Hall–Kier alpha value is -2.51. The van der Waals surface area contributed by atoms with E-state index >= 15 is 0 Å². The molecule has 0 aliphatic carbocycles. The molecule has 1 fully saturated rings. The molecule has 27 heavy (non-hydrogen) atoms. The second-order valence-electron chi connectivity index (χ2n) is 7.13. The summed E-state index contributed by atoms with van der Waals surface area (Å²) in [4.78, 5) is 6.95. The Morgan fingerprint density at radius 1 is 1.26 bits per heavy atom. The number of benzene rings is 1. The molecule has 7 nitrogen and oxygen atoms in total. The monoisotopic (exact) mass is 367 g/mol. The van der Waals surface area contributed by atoms with E-state index in [0.717, 1.165) is 42.8 Å². The van der Waals surface area contributed by atoms with Gasteiger partial charge in [-0.3, -0.25) is 9.58 Å². The van der Waals surface area contributed by atoms with Crippen LogP contribution in [0.5, 0.6) is 0 Å². The van der Waals surface area contributed by atoms with Crippen LogP contribution in [0.15, 0.2) is 41.1 Å². The smallest absolute Gasteiger partial charge is 0.241 e. The maximum Gasteiger partial charge on any atom is 0.241 e. The molecule has 2 aromatic heterocycles. The van der Waals surface area contributed by atoms with Gasteiger partial charge in [-0.25, -0.2) is 0 Å². The summed E-state index contributed by atoms with van der Waals surface area (Å²) in [6.45, 7) is 5.32. The molecule has 1 atom stereocenters. The summed E-state index contributed by atoms with van der Waals surface area (Å²) in [6, 6.07) is 10.1. The molecule has 3 aromatic rings. The topological polar surface area (TPSA) is 80.2 Å². The van der Waals surface area contributed by atoms with E-state index < -0.39 is 0 Å². The number of aromatic nitrogens is 4. The zero-order chi connectivity index (χ0) is 18.6. The number of aryl methyl sites for hydroxylation is 1. The van der Waals surface area contributed by atoms with Crippen LogP contribution in [0.4, 0.5) is 0 Å². The predicted molar refractivity (Wildman–Crippen MR) is 101 cm³/mol. The summed E-state index contributed by atoms with van der Waals surface area (Å²) >= 11 is 0. The maximum absolute atomic E-state index is 9.05. The number of piperidine rings is 1. The summed E-state index contributed by atoms with van der Waals surface area (Å²) in [5.74, 6) is 1.71. The molecular weight excluding hydrogens is 342 g/mol. The fourth-order valence-corrected chi connectivity index (χ4v) is 3.71. The van der Waals surface area contributed by atoms with Crippen molar-refractivity contribution in [3.8, 4) is 11.4 Å². The lowest BCUT2D eigenvalue weighted by Crippen LogP contribution is -2.34. The summed E-state index contributed by atoms with van der Waals surface area (Å²) in [5, 5.41) is 17.8. The van der Waals surface area contributed by atoms with Crippen molar-refractivity contribution in [3.05, 3.63) is 53.7 Å². The van der Waals surface area contributed by atoms with Crippen molar-refractivity contribution in [2.75, 3.05) is 19.7 Å². The third-order valence-electron chi connectivity index (χ3n) is 5.13. The first-order chi connectivity index (χ1) is 13.2. The first-order valence-corrected chi connectivity index (χ1v) is 9.48. The van der Waals surface area contributed by atoms with Gasteiger partial charge in [0.2, 0.25) is 11.7 Å². The van der Waals surface area contributed by atoms with Crippen molar-refractivity contribution < 1.29 is 9.63 Å². The van der Waals surface area contributed by atoms with Crippen LogP contribution in [0.25, 0.3) is 11.4 Å². The van der Waals surface area contributed by atoms with E-state index in [1.54, 1.807) is 4.68 Å². The minimum absolute atomic E-state index is 0.109. The van der Waals surface area contributed by atoms with Crippen molar-refractivity contribution in [1.29, 1.82) is 0 Å². The van der Waals surface area contributed by atoms with Gasteiger partial charge in [0.25, 0.3) is 0 Å². The normalized spacial score (nSPS) is 18.1. The van der Waals surface area contributed by atoms with E-state index in [9.17, 15) is 0 Å². The lowest BCUT2D eigenvalue weighted by atomic mass is 9.95. The number of rotatable bonds is 6. The van der Waals surface area contributed by atoms with Crippen LogP contribution >= 0.6 is 0 Å². The van der Waals surface area contributed by atoms with Gasteiger partial charge in [-0.2, -0.15) is 10.1 Å². The quantitative estimate of drug-likeness (QED) is 0.721. The largest absolute Gasteiger partial charge is 0.394 e. The lowest BCUT2D eigenvalue weighted by Gasteiger charge is -2.30. The Bertz CT molecular complexity index is 888. The van der Waals surface area contributed by atoms with Gasteiger partial charge in [-0.05, 0) is 37.9 Å². The van der Waals surface area contributed by atoms with Crippen molar-refractivity contribution in [1.82, 2.24) is 24.8 Å². The summed E-state index contributed by atoms with van der Waals surface area (Å²) in [6.07, 6.45) is 4.19. The Morgan fingerprint density at radius 3 is 3.00 bits per heavy atom. The van der Waals surface area contributed by atoms with E-state index in [4.69, 9.17) is 9.63 Å². The van der Waals surface area contributed by atoms with Crippen LogP contribution in [0.3, 0.4) is 0 Å². The molecule has 1 saturated heterocycles. The van der Waals surface area contributed by atoms with Crippen LogP contribution in [0, 0.1) is 6.92 Å². The highest BCUT2D eigenvalue weighted by Gasteiger charge is 2.24. The highest BCUT2D eigenvalue weighted by atomic mass is 16.5. The van der Waals surface area contributed by atoms with E-state index in [-0.39, 0.29) is 6.61 Å². The second kappa shape index (κ2) is 8.02. The third-order valence-corrected chi connectivity index (χ3v) is 5.13. The molecule has 0 amide bonds. The molecule has 0 spiro atoms. The molecule has 0 saturated carbocycles. The van der Waals surface area contributed by atoms with Crippen molar-refractivity contribution in [3.63, 3.8) is 0 Å². The van der Waals surface area contributed by atoms with Gasteiger partial charge in [-0.1, -0.05) is 29.4 Å². The zero-order valence-corrected chi connectivity index (χ0v) is 15.6. The number of aliphatic hydroxyl groups is 1. The van der Waals surface area contributed by atoms with E-state index in [0.29, 0.717) is 30.7 Å². The molecule has 4 rings (SSSR count). The lowest BCUT2D eigenvalue weighted by molar-refractivity contribution is 0.175. The fraction of sp³-hybridized carbons (Fsp3) is 0.450. The number of likely N-dealkylation sites (tertiary alicyclic amines) is 1. The molecule has 1 N–H and O–H groups in total.